The van der Waals surface area contributed by atoms with Gasteiger partial charge in [-0.2, -0.15) is 13.2 Å². The topological polar surface area (TPSA) is 84.7 Å². The molecule has 4 rings (SSSR count). The van der Waals surface area contributed by atoms with E-state index in [1.54, 1.807) is 6.92 Å². The van der Waals surface area contributed by atoms with Crippen molar-refractivity contribution in [1.82, 2.24) is 9.97 Å². The van der Waals surface area contributed by atoms with Gasteiger partial charge in [0, 0.05) is 22.4 Å². The van der Waals surface area contributed by atoms with E-state index in [9.17, 15) is 27.9 Å². The Morgan fingerprint density at radius 1 is 1.00 bits per heavy atom. The van der Waals surface area contributed by atoms with E-state index in [2.05, 4.69) is 14.9 Å². The third-order valence-corrected chi connectivity index (χ3v) is 4.75. The molecule has 0 amide bonds. The number of hydrogen-bond acceptors (Lipinski definition) is 6. The smallest absolute Gasteiger partial charge is 0.390 e. The van der Waals surface area contributed by atoms with Crippen LogP contribution in [0.25, 0.3) is 10.9 Å². The number of benzene rings is 1. The standard InChI is InChI=1S/C15H17NO3.C6H3F4NO/c1-9-15(18)13(17)8-14(19-9)12-7-6-10-4-2-3-5-11(10)16-12;7-6(8,9)4-2-1-3-5(11-4)12-10/h2-7,9,13-15,17-18H,8H2,1H3;1-3H. The van der Waals surface area contributed by atoms with Crippen LogP contribution in [-0.2, 0) is 10.9 Å². The zero-order valence-electron chi connectivity index (χ0n) is 16.3. The van der Waals surface area contributed by atoms with E-state index in [0.29, 0.717) is 6.42 Å². The molecule has 0 spiro atoms. The van der Waals surface area contributed by atoms with E-state index in [1.807, 2.05) is 36.4 Å². The summed E-state index contributed by atoms with van der Waals surface area (Å²) in [5, 5.41) is 20.6. The summed E-state index contributed by atoms with van der Waals surface area (Å²) in [7, 11) is 0. The number of nitrogens with zero attached hydrogens (tertiary/aromatic N) is 2. The van der Waals surface area contributed by atoms with E-state index in [1.165, 1.54) is 0 Å². The number of para-hydroxylation sites is 1. The predicted octanol–water partition coefficient (Wildman–Crippen LogP) is 4.17. The van der Waals surface area contributed by atoms with Crippen molar-refractivity contribution in [2.75, 3.05) is 0 Å². The molecule has 0 bridgehead atoms. The largest absolute Gasteiger partial charge is 0.433 e. The molecule has 4 atom stereocenters. The normalized spacial score (nSPS) is 23.7. The molecule has 166 valence electrons. The van der Waals surface area contributed by atoms with Crippen LogP contribution in [0.2, 0.25) is 0 Å². The minimum Gasteiger partial charge on any atom is -0.390 e. The van der Waals surface area contributed by atoms with Crippen molar-refractivity contribution in [2.45, 2.75) is 43.9 Å². The second-order valence-electron chi connectivity index (χ2n) is 6.99. The molecule has 1 saturated heterocycles. The summed E-state index contributed by atoms with van der Waals surface area (Å²) >= 11 is 0. The van der Waals surface area contributed by atoms with Gasteiger partial charge in [0.2, 0.25) is 0 Å². The van der Waals surface area contributed by atoms with E-state index in [4.69, 9.17) is 4.74 Å². The molecule has 3 heterocycles. The van der Waals surface area contributed by atoms with Gasteiger partial charge in [0.25, 0.3) is 5.88 Å². The van der Waals surface area contributed by atoms with Crippen LogP contribution in [0.4, 0.5) is 17.7 Å². The summed E-state index contributed by atoms with van der Waals surface area (Å²) in [4.78, 5) is 10.5. The van der Waals surface area contributed by atoms with Crippen LogP contribution in [0.15, 0.2) is 54.6 Å². The van der Waals surface area contributed by atoms with Gasteiger partial charge in [0.15, 0.2) is 0 Å². The fraction of sp³-hybridized carbons (Fsp3) is 0.333. The number of hydrogen-bond donors (Lipinski definition) is 2. The molecule has 1 aliphatic heterocycles. The Labute approximate surface area is 175 Å². The lowest BCUT2D eigenvalue weighted by molar-refractivity contribution is -0.164. The van der Waals surface area contributed by atoms with Gasteiger partial charge in [-0.05, 0) is 25.1 Å². The molecule has 2 aromatic heterocycles. The van der Waals surface area contributed by atoms with Crippen molar-refractivity contribution < 1.29 is 37.6 Å². The Morgan fingerprint density at radius 2 is 1.74 bits per heavy atom. The number of fused-ring (bicyclic) bond motifs is 1. The first-order chi connectivity index (χ1) is 14.7. The van der Waals surface area contributed by atoms with E-state index in [-0.39, 0.29) is 12.2 Å². The summed E-state index contributed by atoms with van der Waals surface area (Å²) in [5.74, 6) is -0.704. The van der Waals surface area contributed by atoms with Crippen molar-refractivity contribution in [3.63, 3.8) is 0 Å². The maximum Gasteiger partial charge on any atom is 0.433 e. The minimum absolute atomic E-state index is 0.266. The molecule has 1 aliphatic rings. The van der Waals surface area contributed by atoms with Crippen LogP contribution in [0.1, 0.15) is 30.8 Å². The van der Waals surface area contributed by atoms with Gasteiger partial charge in [-0.3, -0.25) is 9.93 Å². The maximum absolute atomic E-state index is 11.9. The van der Waals surface area contributed by atoms with Crippen LogP contribution in [-0.4, -0.2) is 38.5 Å². The third kappa shape index (κ3) is 5.66. The molecule has 1 fully saturated rings. The average molecular weight is 440 g/mol. The summed E-state index contributed by atoms with van der Waals surface area (Å²) in [5.41, 5.74) is 0.533. The SMILES string of the molecule is CC1OC(c2ccc3ccccc3n2)CC(O)C1O.FOc1cccc(C(F)(F)F)n1. The molecule has 1 aromatic carbocycles. The highest BCUT2D eigenvalue weighted by atomic mass is 19.4. The Bertz CT molecular complexity index is 1010. The molecule has 31 heavy (non-hydrogen) atoms. The van der Waals surface area contributed by atoms with Crippen LogP contribution in [0.5, 0.6) is 5.88 Å². The van der Waals surface area contributed by atoms with Gasteiger partial charge in [-0.1, -0.05) is 30.3 Å². The van der Waals surface area contributed by atoms with Gasteiger partial charge in [0.1, 0.15) is 17.9 Å². The molecule has 4 unspecified atom stereocenters. The second-order valence-corrected chi connectivity index (χ2v) is 6.99. The molecular weight excluding hydrogens is 420 g/mol. The molecule has 0 saturated carbocycles. The number of ether oxygens (including phenoxy) is 1. The van der Waals surface area contributed by atoms with Crippen LogP contribution in [0, 0.1) is 0 Å². The zero-order chi connectivity index (χ0) is 22.6. The van der Waals surface area contributed by atoms with Gasteiger partial charge < -0.3 is 14.9 Å². The summed E-state index contributed by atoms with van der Waals surface area (Å²) in [6, 6.07) is 14.5. The van der Waals surface area contributed by atoms with Crippen LogP contribution < -0.4 is 4.94 Å². The van der Waals surface area contributed by atoms with Crippen molar-refractivity contribution in [3.05, 3.63) is 66.0 Å². The second kappa shape index (κ2) is 9.54. The number of aliphatic hydroxyl groups excluding tert-OH is 2. The first-order valence-electron chi connectivity index (χ1n) is 9.39. The number of halogens is 4. The molecule has 6 nitrogen and oxygen atoms in total. The maximum atomic E-state index is 11.9. The average Bonchev–Trinajstić information content (AvgIpc) is 2.76. The van der Waals surface area contributed by atoms with Crippen molar-refractivity contribution >= 4 is 10.9 Å². The Kier molecular flexibility index (Phi) is 7.04. The van der Waals surface area contributed by atoms with Crippen LogP contribution in [0.3, 0.4) is 0 Å². The number of alkyl halides is 3. The molecule has 0 aliphatic carbocycles. The minimum atomic E-state index is -4.57. The quantitative estimate of drug-likeness (QED) is 0.582. The number of aromatic nitrogens is 2. The lowest BCUT2D eigenvalue weighted by Gasteiger charge is -2.35. The molecule has 10 heteroatoms. The van der Waals surface area contributed by atoms with E-state index < -0.39 is 30.0 Å². The van der Waals surface area contributed by atoms with E-state index >= 15 is 0 Å². The predicted molar refractivity (Wildman–Crippen MR) is 103 cm³/mol. The van der Waals surface area contributed by atoms with E-state index in [0.717, 1.165) is 34.8 Å². The van der Waals surface area contributed by atoms with Crippen molar-refractivity contribution in [3.8, 4) is 5.88 Å². The fourth-order valence-corrected chi connectivity index (χ4v) is 3.13. The molecule has 3 aromatic rings. The summed E-state index contributed by atoms with van der Waals surface area (Å²) in [6.07, 6.45) is -6.44. The molecule has 0 radical (unpaired) electrons. The Balaban J connectivity index is 0.000000196. The Morgan fingerprint density at radius 3 is 2.42 bits per heavy atom. The van der Waals surface area contributed by atoms with Crippen molar-refractivity contribution in [2.24, 2.45) is 0 Å². The highest BCUT2D eigenvalue weighted by molar-refractivity contribution is 5.78. The lowest BCUT2D eigenvalue weighted by atomic mass is 9.96. The van der Waals surface area contributed by atoms with Crippen LogP contribution >= 0.6 is 0 Å². The number of aliphatic hydroxyl groups is 2. The number of pyridine rings is 2. The summed E-state index contributed by atoms with van der Waals surface area (Å²) < 4.78 is 52.7. The lowest BCUT2D eigenvalue weighted by Crippen LogP contribution is -2.44. The zero-order valence-corrected chi connectivity index (χ0v) is 16.3. The van der Waals surface area contributed by atoms with Crippen molar-refractivity contribution in [1.29, 1.82) is 0 Å². The van der Waals surface area contributed by atoms with Gasteiger partial charge >= 0.3 is 6.18 Å². The third-order valence-electron chi connectivity index (χ3n) is 4.75. The first-order valence-corrected chi connectivity index (χ1v) is 9.39. The molecule has 2 N–H and O–H groups in total. The van der Waals surface area contributed by atoms with Gasteiger partial charge in [-0.25, -0.2) is 4.98 Å². The first kappa shape index (κ1) is 22.9. The number of rotatable bonds is 2. The fourth-order valence-electron chi connectivity index (χ4n) is 3.13. The highest BCUT2D eigenvalue weighted by Gasteiger charge is 2.35. The highest BCUT2D eigenvalue weighted by Crippen LogP contribution is 2.31. The van der Waals surface area contributed by atoms with Gasteiger partial charge in [-0.15, -0.1) is 0 Å². The monoisotopic (exact) mass is 440 g/mol. The van der Waals surface area contributed by atoms with Gasteiger partial charge in [0.05, 0.1) is 23.4 Å². The molecular formula is C21H20F4N2O4. The summed E-state index contributed by atoms with van der Waals surface area (Å²) in [6.45, 7) is 1.76. The Hall–Kier alpha value is -2.82.